The lowest BCUT2D eigenvalue weighted by molar-refractivity contribution is 0.340. The molecule has 3 heteroatoms. The van der Waals surface area contributed by atoms with Crippen molar-refractivity contribution in [3.8, 4) is 17.1 Å². The van der Waals surface area contributed by atoms with Gasteiger partial charge < -0.3 is 14.9 Å². The highest BCUT2D eigenvalue weighted by Gasteiger charge is 2.04. The van der Waals surface area contributed by atoms with Gasteiger partial charge in [0.1, 0.15) is 17.3 Å². The largest absolute Gasteiger partial charge is 0.494 e. The SMILES string of the molecule is CCOc1cccc(-c2ccc(CN)o2)c1. The Morgan fingerprint density at radius 2 is 2.12 bits per heavy atom. The first-order chi connectivity index (χ1) is 7.83. The predicted molar refractivity (Wildman–Crippen MR) is 63.2 cm³/mol. The van der Waals surface area contributed by atoms with Crippen LogP contribution < -0.4 is 10.5 Å². The second-order valence-electron chi connectivity index (χ2n) is 3.43. The minimum absolute atomic E-state index is 0.422. The maximum absolute atomic E-state index is 5.57. The molecule has 0 aliphatic rings. The summed E-state index contributed by atoms with van der Waals surface area (Å²) in [5.74, 6) is 2.46. The highest BCUT2D eigenvalue weighted by Crippen LogP contribution is 2.25. The number of ether oxygens (including phenoxy) is 1. The average Bonchev–Trinajstić information content (AvgIpc) is 2.78. The minimum Gasteiger partial charge on any atom is -0.494 e. The third kappa shape index (κ3) is 2.25. The molecule has 0 radical (unpaired) electrons. The molecule has 2 rings (SSSR count). The van der Waals surface area contributed by atoms with Gasteiger partial charge in [-0.1, -0.05) is 12.1 Å². The van der Waals surface area contributed by atoms with E-state index in [4.69, 9.17) is 14.9 Å². The summed E-state index contributed by atoms with van der Waals surface area (Å²) in [6.45, 7) is 3.05. The number of rotatable bonds is 4. The molecule has 0 atom stereocenters. The lowest BCUT2D eigenvalue weighted by Gasteiger charge is -2.04. The summed E-state index contributed by atoms with van der Waals surface area (Å²) in [5.41, 5.74) is 6.51. The van der Waals surface area contributed by atoms with Crippen LogP contribution in [-0.4, -0.2) is 6.61 Å². The van der Waals surface area contributed by atoms with Gasteiger partial charge in [0.25, 0.3) is 0 Å². The number of hydrogen-bond donors (Lipinski definition) is 1. The first-order valence-electron chi connectivity index (χ1n) is 5.35. The van der Waals surface area contributed by atoms with Gasteiger partial charge in [-0.25, -0.2) is 0 Å². The van der Waals surface area contributed by atoms with Crippen molar-refractivity contribution >= 4 is 0 Å². The lowest BCUT2D eigenvalue weighted by Crippen LogP contribution is -1.92. The molecule has 16 heavy (non-hydrogen) atoms. The van der Waals surface area contributed by atoms with E-state index in [1.54, 1.807) is 0 Å². The zero-order chi connectivity index (χ0) is 11.4. The molecule has 1 aromatic carbocycles. The highest BCUT2D eigenvalue weighted by atomic mass is 16.5. The molecule has 0 fully saturated rings. The Balaban J connectivity index is 2.28. The maximum Gasteiger partial charge on any atom is 0.134 e. The third-order valence-electron chi connectivity index (χ3n) is 2.29. The van der Waals surface area contributed by atoms with Crippen LogP contribution in [0, 0.1) is 0 Å². The van der Waals surface area contributed by atoms with Gasteiger partial charge in [-0.15, -0.1) is 0 Å². The van der Waals surface area contributed by atoms with Crippen LogP contribution >= 0.6 is 0 Å². The maximum atomic E-state index is 5.57. The van der Waals surface area contributed by atoms with E-state index in [-0.39, 0.29) is 0 Å². The van der Waals surface area contributed by atoms with Gasteiger partial charge in [0.15, 0.2) is 0 Å². The van der Waals surface area contributed by atoms with E-state index in [0.717, 1.165) is 22.8 Å². The first kappa shape index (κ1) is 10.8. The zero-order valence-electron chi connectivity index (χ0n) is 9.27. The highest BCUT2D eigenvalue weighted by molar-refractivity contribution is 5.59. The fourth-order valence-electron chi connectivity index (χ4n) is 1.55. The van der Waals surface area contributed by atoms with Crippen molar-refractivity contribution in [2.24, 2.45) is 5.73 Å². The molecule has 0 aliphatic heterocycles. The van der Waals surface area contributed by atoms with E-state index in [1.165, 1.54) is 0 Å². The van der Waals surface area contributed by atoms with Gasteiger partial charge in [0.05, 0.1) is 13.2 Å². The average molecular weight is 217 g/mol. The summed E-state index contributed by atoms with van der Waals surface area (Å²) >= 11 is 0. The van der Waals surface area contributed by atoms with E-state index in [9.17, 15) is 0 Å². The Morgan fingerprint density at radius 1 is 1.25 bits per heavy atom. The number of nitrogens with two attached hydrogens (primary N) is 1. The van der Waals surface area contributed by atoms with Crippen LogP contribution in [0.3, 0.4) is 0 Å². The van der Waals surface area contributed by atoms with Gasteiger partial charge in [0.2, 0.25) is 0 Å². The van der Waals surface area contributed by atoms with Crippen LogP contribution in [0.5, 0.6) is 5.75 Å². The van der Waals surface area contributed by atoms with Gasteiger partial charge in [-0.3, -0.25) is 0 Å². The number of benzene rings is 1. The molecule has 2 N–H and O–H groups in total. The van der Waals surface area contributed by atoms with Crippen LogP contribution in [0.4, 0.5) is 0 Å². The monoisotopic (exact) mass is 217 g/mol. The van der Waals surface area contributed by atoms with Crippen molar-refractivity contribution in [1.82, 2.24) is 0 Å². The fraction of sp³-hybridized carbons (Fsp3) is 0.231. The van der Waals surface area contributed by atoms with E-state index in [1.807, 2.05) is 43.3 Å². The number of hydrogen-bond acceptors (Lipinski definition) is 3. The van der Waals surface area contributed by atoms with E-state index < -0.39 is 0 Å². The summed E-state index contributed by atoms with van der Waals surface area (Å²) in [7, 11) is 0. The normalized spacial score (nSPS) is 10.4. The zero-order valence-corrected chi connectivity index (χ0v) is 9.27. The summed E-state index contributed by atoms with van der Waals surface area (Å²) in [5, 5.41) is 0. The molecule has 1 aromatic heterocycles. The van der Waals surface area contributed by atoms with E-state index >= 15 is 0 Å². The third-order valence-corrected chi connectivity index (χ3v) is 2.29. The fourth-order valence-corrected chi connectivity index (χ4v) is 1.55. The van der Waals surface area contributed by atoms with E-state index in [2.05, 4.69) is 0 Å². The summed E-state index contributed by atoms with van der Waals surface area (Å²) in [6.07, 6.45) is 0. The van der Waals surface area contributed by atoms with Crippen LogP contribution in [0.2, 0.25) is 0 Å². The van der Waals surface area contributed by atoms with Gasteiger partial charge in [-0.05, 0) is 31.2 Å². The molecule has 0 amide bonds. The van der Waals surface area contributed by atoms with Gasteiger partial charge >= 0.3 is 0 Å². The summed E-state index contributed by atoms with van der Waals surface area (Å²) in [6, 6.07) is 11.6. The molecule has 0 unspecified atom stereocenters. The Morgan fingerprint density at radius 3 is 2.81 bits per heavy atom. The topological polar surface area (TPSA) is 48.4 Å². The second kappa shape index (κ2) is 4.86. The second-order valence-corrected chi connectivity index (χ2v) is 3.43. The molecule has 0 aliphatic carbocycles. The molecule has 0 bridgehead atoms. The van der Waals surface area contributed by atoms with Crippen molar-refractivity contribution < 1.29 is 9.15 Å². The van der Waals surface area contributed by atoms with Gasteiger partial charge in [-0.2, -0.15) is 0 Å². The standard InChI is InChI=1S/C13H15NO2/c1-2-15-11-5-3-4-10(8-11)13-7-6-12(9-14)16-13/h3-8H,2,9,14H2,1H3. The molecule has 0 spiro atoms. The van der Waals surface area contributed by atoms with Crippen LogP contribution in [-0.2, 0) is 6.54 Å². The summed E-state index contributed by atoms with van der Waals surface area (Å²) < 4.78 is 11.0. The molecule has 1 heterocycles. The van der Waals surface area contributed by atoms with Crippen molar-refractivity contribution in [2.75, 3.05) is 6.61 Å². The predicted octanol–water partition coefficient (Wildman–Crippen LogP) is 2.80. The smallest absolute Gasteiger partial charge is 0.134 e. The minimum atomic E-state index is 0.422. The van der Waals surface area contributed by atoms with Gasteiger partial charge in [0, 0.05) is 5.56 Å². The lowest BCUT2D eigenvalue weighted by atomic mass is 10.1. The number of furan rings is 1. The molecule has 0 saturated heterocycles. The molecular formula is C13H15NO2. The van der Waals surface area contributed by atoms with Crippen LogP contribution in [0.15, 0.2) is 40.8 Å². The van der Waals surface area contributed by atoms with Crippen LogP contribution in [0.25, 0.3) is 11.3 Å². The Kier molecular flexibility index (Phi) is 3.27. The first-order valence-corrected chi connectivity index (χ1v) is 5.35. The Labute approximate surface area is 94.8 Å². The molecular weight excluding hydrogens is 202 g/mol. The summed E-state index contributed by atoms with van der Waals surface area (Å²) in [4.78, 5) is 0. The van der Waals surface area contributed by atoms with Crippen molar-refractivity contribution in [3.63, 3.8) is 0 Å². The van der Waals surface area contributed by atoms with Crippen molar-refractivity contribution in [3.05, 3.63) is 42.2 Å². The molecule has 3 nitrogen and oxygen atoms in total. The Bertz CT molecular complexity index is 462. The van der Waals surface area contributed by atoms with Crippen molar-refractivity contribution in [1.29, 1.82) is 0 Å². The molecule has 2 aromatic rings. The molecule has 0 saturated carbocycles. The quantitative estimate of drug-likeness (QED) is 0.856. The molecule has 84 valence electrons. The van der Waals surface area contributed by atoms with Crippen LogP contribution in [0.1, 0.15) is 12.7 Å². The Hall–Kier alpha value is -1.74. The van der Waals surface area contributed by atoms with Crippen molar-refractivity contribution in [2.45, 2.75) is 13.5 Å². The van der Waals surface area contributed by atoms with E-state index in [0.29, 0.717) is 13.2 Å².